The second-order valence-electron chi connectivity index (χ2n) is 8.38. The van der Waals surface area contributed by atoms with Crippen LogP contribution in [0.1, 0.15) is 27.0 Å². The molecule has 34 heavy (non-hydrogen) atoms. The molecule has 0 saturated heterocycles. The molecular weight excluding hydrogens is 430 g/mol. The molecule has 0 fully saturated rings. The van der Waals surface area contributed by atoms with Gasteiger partial charge in [0.25, 0.3) is 5.91 Å². The molecule has 0 aliphatic carbocycles. The van der Waals surface area contributed by atoms with Gasteiger partial charge in [-0.2, -0.15) is 0 Å². The lowest BCUT2D eigenvalue weighted by Gasteiger charge is -2.22. The molecule has 7 heteroatoms. The zero-order valence-electron chi connectivity index (χ0n) is 19.5. The standard InChI is InChI=1S/C27H27N3O4/c1-28-20-9-17(15-32-2)8-18(10-20)16-34-26-13-23-22(12-25(26)33-3)27(31)30-21(14-29-23)11-19-6-4-5-7-24(19)30/h4-10,12-14,21,28H,11,15-16H2,1-3H3. The Bertz CT molecular complexity index is 1270. The van der Waals surface area contributed by atoms with Gasteiger partial charge in [0, 0.05) is 44.2 Å². The van der Waals surface area contributed by atoms with Gasteiger partial charge in [-0.15, -0.1) is 0 Å². The highest BCUT2D eigenvalue weighted by atomic mass is 16.5. The second kappa shape index (κ2) is 9.19. The van der Waals surface area contributed by atoms with E-state index in [2.05, 4.69) is 16.4 Å². The number of ether oxygens (including phenoxy) is 3. The van der Waals surface area contributed by atoms with Crippen LogP contribution in [0, 0.1) is 0 Å². The summed E-state index contributed by atoms with van der Waals surface area (Å²) < 4.78 is 17.0. The lowest BCUT2D eigenvalue weighted by atomic mass is 10.1. The molecule has 2 aliphatic heterocycles. The molecule has 1 amide bonds. The largest absolute Gasteiger partial charge is 0.493 e. The SMILES string of the molecule is CNc1cc(COC)cc(COc2cc3c(cc2OC)C(=O)N2c4ccccc4CC2C=N3)c1. The number of carbonyl (C=O) groups is 1. The molecule has 2 aliphatic rings. The molecule has 1 unspecified atom stereocenters. The molecule has 0 radical (unpaired) electrons. The van der Waals surface area contributed by atoms with Crippen LogP contribution in [0.25, 0.3) is 0 Å². The first-order chi connectivity index (χ1) is 16.6. The molecule has 0 bridgehead atoms. The van der Waals surface area contributed by atoms with Crippen LogP contribution in [0.3, 0.4) is 0 Å². The van der Waals surface area contributed by atoms with Gasteiger partial charge >= 0.3 is 0 Å². The minimum atomic E-state index is -0.101. The zero-order chi connectivity index (χ0) is 23.7. The van der Waals surface area contributed by atoms with Gasteiger partial charge in [0.05, 0.1) is 31.0 Å². The number of carbonyl (C=O) groups excluding carboxylic acids is 1. The predicted octanol–water partition coefficient (Wildman–Crippen LogP) is 4.75. The van der Waals surface area contributed by atoms with Gasteiger partial charge in [-0.05, 0) is 47.0 Å². The monoisotopic (exact) mass is 457 g/mol. The summed E-state index contributed by atoms with van der Waals surface area (Å²) in [5, 5.41) is 3.17. The van der Waals surface area contributed by atoms with Crippen LogP contribution in [0.4, 0.5) is 17.1 Å². The van der Waals surface area contributed by atoms with Crippen LogP contribution in [-0.2, 0) is 24.4 Å². The molecule has 0 spiro atoms. The van der Waals surface area contributed by atoms with Gasteiger partial charge in [0.1, 0.15) is 6.61 Å². The molecule has 2 heterocycles. The first-order valence-corrected chi connectivity index (χ1v) is 11.2. The van der Waals surface area contributed by atoms with E-state index in [4.69, 9.17) is 14.2 Å². The van der Waals surface area contributed by atoms with Crippen molar-refractivity contribution in [1.29, 1.82) is 0 Å². The van der Waals surface area contributed by atoms with E-state index in [1.54, 1.807) is 26.4 Å². The van der Waals surface area contributed by atoms with Crippen LogP contribution < -0.4 is 19.7 Å². The number of nitrogens with zero attached hydrogens (tertiary/aromatic N) is 2. The molecule has 3 aromatic rings. The maximum atomic E-state index is 13.5. The summed E-state index contributed by atoms with van der Waals surface area (Å²) in [4.78, 5) is 20.0. The Balaban J connectivity index is 1.44. The molecule has 0 saturated carbocycles. The molecule has 5 rings (SSSR count). The summed E-state index contributed by atoms with van der Waals surface area (Å²) in [5.74, 6) is 0.949. The average molecular weight is 458 g/mol. The zero-order valence-corrected chi connectivity index (χ0v) is 19.5. The van der Waals surface area contributed by atoms with Crippen molar-refractivity contribution in [3.05, 3.63) is 76.9 Å². The van der Waals surface area contributed by atoms with Crippen LogP contribution in [-0.4, -0.2) is 39.4 Å². The third-order valence-electron chi connectivity index (χ3n) is 6.18. The van der Waals surface area contributed by atoms with Crippen molar-refractivity contribution in [2.45, 2.75) is 25.7 Å². The summed E-state index contributed by atoms with van der Waals surface area (Å²) >= 11 is 0. The van der Waals surface area contributed by atoms with Crippen LogP contribution in [0.2, 0.25) is 0 Å². The van der Waals surface area contributed by atoms with Gasteiger partial charge < -0.3 is 19.5 Å². The summed E-state index contributed by atoms with van der Waals surface area (Å²) in [7, 11) is 5.13. The summed E-state index contributed by atoms with van der Waals surface area (Å²) in [5.41, 5.74) is 6.20. The minimum absolute atomic E-state index is 0.0850. The number of methoxy groups -OCH3 is 2. The third kappa shape index (κ3) is 3.99. The normalized spacial score (nSPS) is 15.9. The average Bonchev–Trinajstić information content (AvgIpc) is 3.17. The molecule has 1 atom stereocenters. The second-order valence-corrected chi connectivity index (χ2v) is 8.38. The van der Waals surface area contributed by atoms with Crippen molar-refractivity contribution >= 4 is 29.2 Å². The Morgan fingerprint density at radius 3 is 2.59 bits per heavy atom. The first kappa shape index (κ1) is 22.0. The Morgan fingerprint density at radius 2 is 1.82 bits per heavy atom. The third-order valence-corrected chi connectivity index (χ3v) is 6.18. The van der Waals surface area contributed by atoms with Crippen molar-refractivity contribution < 1.29 is 19.0 Å². The number of rotatable bonds is 7. The number of amides is 1. The van der Waals surface area contributed by atoms with Crippen molar-refractivity contribution in [2.24, 2.45) is 4.99 Å². The quantitative estimate of drug-likeness (QED) is 0.554. The highest BCUT2D eigenvalue weighted by Gasteiger charge is 2.36. The number of hydrogen-bond donors (Lipinski definition) is 1. The van der Waals surface area contributed by atoms with Crippen molar-refractivity contribution in [1.82, 2.24) is 0 Å². The summed E-state index contributed by atoms with van der Waals surface area (Å²) in [6.07, 6.45) is 2.61. The van der Waals surface area contributed by atoms with Crippen LogP contribution >= 0.6 is 0 Å². The van der Waals surface area contributed by atoms with E-state index in [9.17, 15) is 4.79 Å². The number of nitrogens with one attached hydrogen (secondary N) is 1. The van der Waals surface area contributed by atoms with E-state index < -0.39 is 0 Å². The first-order valence-electron chi connectivity index (χ1n) is 11.2. The number of benzene rings is 3. The highest BCUT2D eigenvalue weighted by molar-refractivity contribution is 6.14. The maximum absolute atomic E-state index is 13.5. The minimum Gasteiger partial charge on any atom is -0.493 e. The number of fused-ring (bicyclic) bond motifs is 4. The van der Waals surface area contributed by atoms with E-state index in [0.717, 1.165) is 34.5 Å². The maximum Gasteiger partial charge on any atom is 0.261 e. The highest BCUT2D eigenvalue weighted by Crippen LogP contribution is 2.41. The molecule has 3 aromatic carbocycles. The molecule has 0 aromatic heterocycles. The molecule has 7 nitrogen and oxygen atoms in total. The van der Waals surface area contributed by atoms with Gasteiger partial charge in [-0.25, -0.2) is 0 Å². The lowest BCUT2D eigenvalue weighted by molar-refractivity contribution is 0.0986. The fourth-order valence-corrected chi connectivity index (χ4v) is 4.59. The summed E-state index contributed by atoms with van der Waals surface area (Å²) in [6, 6.07) is 17.5. The van der Waals surface area contributed by atoms with Gasteiger partial charge in [-0.1, -0.05) is 18.2 Å². The topological polar surface area (TPSA) is 72.4 Å². The fraction of sp³-hybridized carbons (Fsp3) is 0.259. The Kier molecular flexibility index (Phi) is 5.94. The number of hydrogen-bond acceptors (Lipinski definition) is 6. The number of para-hydroxylation sites is 1. The Hall–Kier alpha value is -3.84. The van der Waals surface area contributed by atoms with E-state index in [1.807, 2.05) is 54.6 Å². The fourth-order valence-electron chi connectivity index (χ4n) is 4.59. The Morgan fingerprint density at radius 1 is 1.03 bits per heavy atom. The predicted molar refractivity (Wildman–Crippen MR) is 133 cm³/mol. The lowest BCUT2D eigenvalue weighted by Crippen LogP contribution is -2.37. The van der Waals surface area contributed by atoms with Gasteiger partial charge in [0.2, 0.25) is 0 Å². The van der Waals surface area contributed by atoms with Crippen LogP contribution in [0.15, 0.2) is 59.6 Å². The summed E-state index contributed by atoms with van der Waals surface area (Å²) in [6.45, 7) is 0.851. The Labute approximate surface area is 199 Å². The van der Waals surface area contributed by atoms with E-state index in [-0.39, 0.29) is 11.9 Å². The smallest absolute Gasteiger partial charge is 0.261 e. The van der Waals surface area contributed by atoms with Crippen LogP contribution in [0.5, 0.6) is 11.5 Å². The number of anilines is 2. The molecule has 174 valence electrons. The molecule has 1 N–H and O–H groups in total. The van der Waals surface area contributed by atoms with Crippen molar-refractivity contribution in [2.75, 3.05) is 31.5 Å². The van der Waals surface area contributed by atoms with E-state index >= 15 is 0 Å². The van der Waals surface area contributed by atoms with Gasteiger partial charge in [-0.3, -0.25) is 14.7 Å². The van der Waals surface area contributed by atoms with Crippen molar-refractivity contribution in [3.63, 3.8) is 0 Å². The van der Waals surface area contributed by atoms with Gasteiger partial charge in [0.15, 0.2) is 11.5 Å². The molecular formula is C27H27N3O4. The van der Waals surface area contributed by atoms with E-state index in [0.29, 0.717) is 36.0 Å². The van der Waals surface area contributed by atoms with Crippen molar-refractivity contribution in [3.8, 4) is 11.5 Å². The van der Waals surface area contributed by atoms with E-state index in [1.165, 1.54) is 0 Å². The number of aliphatic imine (C=N–C) groups is 1.